The minimum absolute atomic E-state index is 0.294. The molecule has 2 heterocycles. The van der Waals surface area contributed by atoms with E-state index in [-0.39, 0.29) is 0 Å². The van der Waals surface area contributed by atoms with E-state index in [0.29, 0.717) is 11.6 Å². The maximum absolute atomic E-state index is 3.90. The van der Waals surface area contributed by atoms with E-state index < -0.39 is 0 Å². The van der Waals surface area contributed by atoms with Crippen LogP contribution in [-0.4, -0.2) is 154 Å². The van der Waals surface area contributed by atoms with E-state index in [1.54, 1.807) is 0 Å². The molecule has 1 saturated carbocycles. The zero-order valence-electron chi connectivity index (χ0n) is 25.6. The number of nitrogens with one attached hydrogen (secondary N) is 10. The van der Waals surface area contributed by atoms with Crippen molar-refractivity contribution in [2.75, 3.05) is 137 Å². The third-order valence-corrected chi connectivity index (χ3v) is 8.63. The first-order chi connectivity index (χ1) is 19.9. The summed E-state index contributed by atoms with van der Waals surface area (Å²) in [4.78, 5) is 2.61. The molecule has 11 heteroatoms. The molecule has 3 fully saturated rings. The number of hydrogen-bond acceptors (Lipinski definition) is 11. The predicted octanol–water partition coefficient (Wildman–Crippen LogP) is -2.33. The van der Waals surface area contributed by atoms with Crippen molar-refractivity contribution in [1.82, 2.24) is 58.1 Å². The summed E-state index contributed by atoms with van der Waals surface area (Å²) in [5, 5.41) is 36.2. The second-order valence-electron chi connectivity index (χ2n) is 11.9. The summed E-state index contributed by atoms with van der Waals surface area (Å²) >= 11 is 0. The van der Waals surface area contributed by atoms with Gasteiger partial charge in [0, 0.05) is 136 Å². The Labute approximate surface area is 245 Å². The first-order valence-electron chi connectivity index (χ1n) is 16.7. The van der Waals surface area contributed by atoms with E-state index in [0.717, 1.165) is 131 Å². The van der Waals surface area contributed by atoms with Crippen LogP contribution in [-0.2, 0) is 0 Å². The molecule has 40 heavy (non-hydrogen) atoms. The van der Waals surface area contributed by atoms with E-state index in [4.69, 9.17) is 0 Å². The average molecular weight is 568 g/mol. The van der Waals surface area contributed by atoms with Gasteiger partial charge in [0.25, 0.3) is 0 Å². The van der Waals surface area contributed by atoms with Crippen LogP contribution in [0.25, 0.3) is 0 Å². The highest BCUT2D eigenvalue weighted by molar-refractivity contribution is 4.94. The molecule has 10 N–H and O–H groups in total. The SMILES string of the molecule is C1CNCCNCCNCCN2CCC2CNCCNCCNCCNCCNC2(CCCC2)CNCCNC1. The van der Waals surface area contributed by atoms with Gasteiger partial charge in [0.1, 0.15) is 0 Å². The molecule has 1 atom stereocenters. The molecule has 0 aromatic carbocycles. The van der Waals surface area contributed by atoms with Gasteiger partial charge in [0.2, 0.25) is 0 Å². The Morgan fingerprint density at radius 2 is 0.900 bits per heavy atom. The summed E-state index contributed by atoms with van der Waals surface area (Å²) in [5.41, 5.74) is 0.294. The van der Waals surface area contributed by atoms with Crippen LogP contribution in [0.4, 0.5) is 0 Å². The van der Waals surface area contributed by atoms with Crippen LogP contribution in [0.3, 0.4) is 0 Å². The van der Waals surface area contributed by atoms with Gasteiger partial charge in [-0.05, 0) is 38.8 Å². The highest BCUT2D eigenvalue weighted by Crippen LogP contribution is 2.28. The minimum atomic E-state index is 0.294. The normalized spacial score (nSPS) is 28.6. The van der Waals surface area contributed by atoms with E-state index in [1.807, 2.05) is 0 Å². The van der Waals surface area contributed by atoms with Crippen molar-refractivity contribution >= 4 is 0 Å². The molecule has 0 bridgehead atoms. The quantitative estimate of drug-likeness (QED) is 0.155. The fraction of sp³-hybridized carbons (Fsp3) is 1.00. The van der Waals surface area contributed by atoms with Crippen LogP contribution < -0.4 is 53.2 Å². The Hall–Kier alpha value is -0.440. The highest BCUT2D eigenvalue weighted by Gasteiger charge is 2.32. The number of hydrogen-bond donors (Lipinski definition) is 10. The summed E-state index contributed by atoms with van der Waals surface area (Å²) in [5.74, 6) is 0. The molecule has 0 aromatic rings. The van der Waals surface area contributed by atoms with Crippen molar-refractivity contribution in [2.45, 2.75) is 50.1 Å². The highest BCUT2D eigenvalue weighted by atomic mass is 15.2. The van der Waals surface area contributed by atoms with E-state index in [9.17, 15) is 0 Å². The van der Waals surface area contributed by atoms with Gasteiger partial charge < -0.3 is 53.2 Å². The standard InChI is InChI=1S/C29H65N11/c1-2-6-29(5-1)27-38-20-18-31-8-3-7-30-9-10-32-15-16-36-23-25-40-24-4-28(40)26-37-19-17-34-12-11-33-13-14-35-21-22-39-29/h28,30-39H,1-27H2. The lowest BCUT2D eigenvalue weighted by Gasteiger charge is -2.41. The molecular weight excluding hydrogens is 502 g/mol. The summed E-state index contributed by atoms with van der Waals surface area (Å²) in [6.45, 7) is 22.4. The van der Waals surface area contributed by atoms with Crippen LogP contribution >= 0.6 is 0 Å². The number of rotatable bonds is 0. The zero-order chi connectivity index (χ0) is 27.8. The Balaban J connectivity index is 1.25. The van der Waals surface area contributed by atoms with Gasteiger partial charge in [-0.15, -0.1) is 0 Å². The van der Waals surface area contributed by atoms with Crippen molar-refractivity contribution in [3.63, 3.8) is 0 Å². The Bertz CT molecular complexity index is 576. The lowest BCUT2D eigenvalue weighted by atomic mass is 9.97. The van der Waals surface area contributed by atoms with Crippen molar-refractivity contribution in [1.29, 1.82) is 0 Å². The van der Waals surface area contributed by atoms with Crippen LogP contribution in [0, 0.1) is 0 Å². The van der Waals surface area contributed by atoms with Crippen molar-refractivity contribution in [3.05, 3.63) is 0 Å². The van der Waals surface area contributed by atoms with Crippen LogP contribution in [0.5, 0.6) is 0 Å². The third kappa shape index (κ3) is 15.7. The summed E-state index contributed by atoms with van der Waals surface area (Å²) in [6.07, 6.45) is 7.82. The molecule has 2 saturated heterocycles. The zero-order valence-corrected chi connectivity index (χ0v) is 25.6. The largest absolute Gasteiger partial charge is 0.315 e. The van der Waals surface area contributed by atoms with Gasteiger partial charge in [-0.25, -0.2) is 0 Å². The lowest BCUT2D eigenvalue weighted by Crippen LogP contribution is -2.55. The van der Waals surface area contributed by atoms with Gasteiger partial charge in [-0.1, -0.05) is 12.8 Å². The monoisotopic (exact) mass is 568 g/mol. The van der Waals surface area contributed by atoms with Gasteiger partial charge in [-0.3, -0.25) is 4.90 Å². The van der Waals surface area contributed by atoms with Crippen LogP contribution in [0.15, 0.2) is 0 Å². The molecule has 236 valence electrons. The number of nitrogens with zero attached hydrogens (tertiary/aromatic N) is 1. The molecular formula is C29H65N11. The molecule has 0 radical (unpaired) electrons. The summed E-state index contributed by atoms with van der Waals surface area (Å²) < 4.78 is 0. The molecule has 3 aliphatic rings. The van der Waals surface area contributed by atoms with Crippen LogP contribution in [0.1, 0.15) is 38.5 Å². The van der Waals surface area contributed by atoms with Gasteiger partial charge in [-0.2, -0.15) is 0 Å². The van der Waals surface area contributed by atoms with Gasteiger partial charge in [0.05, 0.1) is 0 Å². The maximum atomic E-state index is 3.90. The molecule has 1 unspecified atom stereocenters. The Morgan fingerprint density at radius 3 is 1.45 bits per heavy atom. The molecule has 0 aromatic heterocycles. The fourth-order valence-corrected chi connectivity index (χ4v) is 6.00. The minimum Gasteiger partial charge on any atom is -0.315 e. The second kappa shape index (κ2) is 23.1. The summed E-state index contributed by atoms with van der Waals surface area (Å²) in [7, 11) is 0. The smallest absolute Gasteiger partial charge is 0.0306 e. The van der Waals surface area contributed by atoms with Crippen molar-refractivity contribution < 1.29 is 0 Å². The van der Waals surface area contributed by atoms with Crippen molar-refractivity contribution in [2.24, 2.45) is 0 Å². The van der Waals surface area contributed by atoms with Gasteiger partial charge in [0.15, 0.2) is 0 Å². The van der Waals surface area contributed by atoms with E-state index >= 15 is 0 Å². The van der Waals surface area contributed by atoms with Crippen LogP contribution in [0.2, 0.25) is 0 Å². The summed E-state index contributed by atoms with van der Waals surface area (Å²) in [6, 6.07) is 0.716. The predicted molar refractivity (Wildman–Crippen MR) is 170 cm³/mol. The number of fused-ring (bicyclic) bond motifs is 1. The first kappa shape index (κ1) is 34.1. The Morgan fingerprint density at radius 1 is 0.425 bits per heavy atom. The van der Waals surface area contributed by atoms with E-state index in [1.165, 1.54) is 45.1 Å². The molecule has 2 aliphatic heterocycles. The maximum Gasteiger partial charge on any atom is 0.0306 e. The van der Waals surface area contributed by atoms with E-state index in [2.05, 4.69) is 58.1 Å². The molecule has 3 rings (SSSR count). The second-order valence-corrected chi connectivity index (χ2v) is 11.9. The first-order valence-corrected chi connectivity index (χ1v) is 16.7. The average Bonchev–Trinajstić information content (AvgIpc) is 3.42. The topological polar surface area (TPSA) is 124 Å². The molecule has 1 spiro atoms. The van der Waals surface area contributed by atoms with Crippen molar-refractivity contribution in [3.8, 4) is 0 Å². The fourth-order valence-electron chi connectivity index (χ4n) is 6.00. The van der Waals surface area contributed by atoms with Gasteiger partial charge >= 0.3 is 0 Å². The third-order valence-electron chi connectivity index (χ3n) is 8.63. The molecule has 11 nitrogen and oxygen atoms in total. The molecule has 0 amide bonds. The Kier molecular flexibility index (Phi) is 19.6. The lowest BCUT2D eigenvalue weighted by molar-refractivity contribution is 0.0914. The molecule has 1 aliphatic carbocycles.